The number of carbonyl (C=O) groups is 2. The van der Waals surface area contributed by atoms with Crippen molar-refractivity contribution in [3.05, 3.63) is 24.3 Å². The second-order valence-corrected chi connectivity index (χ2v) is 2.75. The Kier molecular flexibility index (Phi) is 11.0. The second-order valence-electron chi connectivity index (χ2n) is 2.75. The van der Waals surface area contributed by atoms with Gasteiger partial charge in [0.05, 0.1) is 0 Å². The Morgan fingerprint density at radius 2 is 1.67 bits per heavy atom. The fourth-order valence-electron chi connectivity index (χ4n) is 0.481. The molecule has 0 atom stereocenters. The molecular weight excluding hydrogens is 198 g/mol. The standard InChI is InChI=1S/C6H13N.C4H4O4/c1-4-7-5-6(2)3;5-3(6)1-2-4(7)8/h7H,2,4-5H2,1,3H3;1-2H,(H,5,6)(H,7,8). The molecule has 5 nitrogen and oxygen atoms in total. The molecule has 0 bridgehead atoms. The van der Waals surface area contributed by atoms with E-state index in [0.29, 0.717) is 12.2 Å². The maximum absolute atomic E-state index is 9.55. The molecule has 0 aromatic carbocycles. The van der Waals surface area contributed by atoms with Crippen LogP contribution in [-0.2, 0) is 9.59 Å². The molecule has 0 rings (SSSR count). The third-order valence-corrected chi connectivity index (χ3v) is 1.05. The van der Waals surface area contributed by atoms with Gasteiger partial charge in [0.15, 0.2) is 0 Å². The molecule has 3 N–H and O–H groups in total. The van der Waals surface area contributed by atoms with Crippen molar-refractivity contribution in [1.82, 2.24) is 5.32 Å². The minimum absolute atomic E-state index is 0.558. The minimum atomic E-state index is -1.26. The number of aliphatic carboxylic acids is 2. The number of hydrogen-bond donors (Lipinski definition) is 3. The molecule has 0 aromatic rings. The molecule has 0 aromatic heterocycles. The van der Waals surface area contributed by atoms with Crippen LogP contribution in [0.4, 0.5) is 0 Å². The van der Waals surface area contributed by atoms with E-state index in [0.717, 1.165) is 13.1 Å². The molecule has 0 aliphatic rings. The quantitative estimate of drug-likeness (QED) is 0.468. The van der Waals surface area contributed by atoms with Gasteiger partial charge >= 0.3 is 11.9 Å². The Balaban J connectivity index is 0. The average Bonchev–Trinajstić information content (AvgIpc) is 2.12. The van der Waals surface area contributed by atoms with E-state index in [4.69, 9.17) is 10.2 Å². The number of rotatable bonds is 5. The fraction of sp³-hybridized carbons (Fsp3) is 0.400. The van der Waals surface area contributed by atoms with Crippen LogP contribution in [0.2, 0.25) is 0 Å². The summed E-state index contributed by atoms with van der Waals surface area (Å²) in [6.07, 6.45) is 1.12. The molecule has 0 heterocycles. The molecule has 86 valence electrons. The highest BCUT2D eigenvalue weighted by atomic mass is 16.4. The zero-order valence-electron chi connectivity index (χ0n) is 8.99. The number of nitrogens with one attached hydrogen (secondary N) is 1. The van der Waals surface area contributed by atoms with E-state index in [1.54, 1.807) is 0 Å². The van der Waals surface area contributed by atoms with Gasteiger partial charge in [0, 0.05) is 18.7 Å². The Bertz CT molecular complexity index is 230. The van der Waals surface area contributed by atoms with E-state index in [1.807, 2.05) is 6.92 Å². The van der Waals surface area contributed by atoms with Crippen molar-refractivity contribution in [1.29, 1.82) is 0 Å². The predicted molar refractivity (Wildman–Crippen MR) is 57.8 cm³/mol. The van der Waals surface area contributed by atoms with Gasteiger partial charge in [0.25, 0.3) is 0 Å². The first-order valence-electron chi connectivity index (χ1n) is 4.39. The van der Waals surface area contributed by atoms with Gasteiger partial charge in [-0.3, -0.25) is 0 Å². The molecule has 0 aliphatic heterocycles. The third kappa shape index (κ3) is 24.5. The summed E-state index contributed by atoms with van der Waals surface area (Å²) in [5, 5.41) is 18.8. The van der Waals surface area contributed by atoms with Crippen LogP contribution in [0.25, 0.3) is 0 Å². The molecule has 0 fully saturated rings. The molecule has 0 radical (unpaired) electrons. The first-order valence-corrected chi connectivity index (χ1v) is 4.39. The topological polar surface area (TPSA) is 86.6 Å². The van der Waals surface area contributed by atoms with Crippen LogP contribution in [0.15, 0.2) is 24.3 Å². The van der Waals surface area contributed by atoms with Gasteiger partial charge in [0.1, 0.15) is 0 Å². The van der Waals surface area contributed by atoms with E-state index < -0.39 is 11.9 Å². The van der Waals surface area contributed by atoms with Gasteiger partial charge in [-0.1, -0.05) is 19.1 Å². The fourth-order valence-corrected chi connectivity index (χ4v) is 0.481. The van der Waals surface area contributed by atoms with Gasteiger partial charge in [-0.15, -0.1) is 0 Å². The summed E-state index contributed by atoms with van der Waals surface area (Å²) in [6, 6.07) is 0. The Morgan fingerprint density at radius 3 is 1.80 bits per heavy atom. The monoisotopic (exact) mass is 215 g/mol. The van der Waals surface area contributed by atoms with Crippen LogP contribution in [0.5, 0.6) is 0 Å². The smallest absolute Gasteiger partial charge is 0.328 e. The molecule has 0 aliphatic carbocycles. The lowest BCUT2D eigenvalue weighted by Crippen LogP contribution is -2.14. The third-order valence-electron chi connectivity index (χ3n) is 1.05. The Morgan fingerprint density at radius 1 is 1.27 bits per heavy atom. The Hall–Kier alpha value is -1.62. The van der Waals surface area contributed by atoms with Crippen LogP contribution >= 0.6 is 0 Å². The van der Waals surface area contributed by atoms with E-state index in [1.165, 1.54) is 5.57 Å². The molecule has 0 spiro atoms. The summed E-state index contributed by atoms with van der Waals surface area (Å²) in [5.41, 5.74) is 1.20. The summed E-state index contributed by atoms with van der Waals surface area (Å²) < 4.78 is 0. The lowest BCUT2D eigenvalue weighted by atomic mass is 10.3. The molecule has 0 saturated carbocycles. The number of likely N-dealkylation sites (N-methyl/N-ethyl adjacent to an activating group) is 1. The highest BCUT2D eigenvalue weighted by molar-refractivity contribution is 5.89. The average molecular weight is 215 g/mol. The maximum atomic E-state index is 9.55. The van der Waals surface area contributed by atoms with E-state index in [-0.39, 0.29) is 0 Å². The number of carboxylic acid groups (broad SMARTS) is 2. The van der Waals surface area contributed by atoms with E-state index in [2.05, 4.69) is 18.8 Å². The summed E-state index contributed by atoms with van der Waals surface area (Å²) in [6.45, 7) is 9.82. The Labute approximate surface area is 89.1 Å². The van der Waals surface area contributed by atoms with Gasteiger partial charge in [0.2, 0.25) is 0 Å². The number of carboxylic acids is 2. The highest BCUT2D eigenvalue weighted by Gasteiger charge is 1.88. The molecule has 15 heavy (non-hydrogen) atoms. The van der Waals surface area contributed by atoms with Crippen molar-refractivity contribution >= 4 is 11.9 Å². The highest BCUT2D eigenvalue weighted by Crippen LogP contribution is 1.78. The maximum Gasteiger partial charge on any atom is 0.328 e. The van der Waals surface area contributed by atoms with Crippen molar-refractivity contribution < 1.29 is 19.8 Å². The first-order chi connectivity index (χ1) is 6.90. The summed E-state index contributed by atoms with van der Waals surface area (Å²) in [5.74, 6) is -2.51. The zero-order chi connectivity index (χ0) is 12.3. The van der Waals surface area contributed by atoms with Gasteiger partial charge in [-0.25, -0.2) is 9.59 Å². The van der Waals surface area contributed by atoms with Gasteiger partial charge in [-0.2, -0.15) is 0 Å². The SMILES string of the molecule is C=C(C)CNCC.O=C(O)C=CC(=O)O. The van der Waals surface area contributed by atoms with Crippen LogP contribution in [-0.4, -0.2) is 35.2 Å². The normalized spacial score (nSPS) is 9.20. The van der Waals surface area contributed by atoms with Crippen LogP contribution < -0.4 is 5.32 Å². The molecule has 0 amide bonds. The summed E-state index contributed by atoms with van der Waals surface area (Å²) >= 11 is 0. The molecule has 0 unspecified atom stereocenters. The summed E-state index contributed by atoms with van der Waals surface area (Å²) in [7, 11) is 0. The summed E-state index contributed by atoms with van der Waals surface area (Å²) in [4.78, 5) is 19.1. The lowest BCUT2D eigenvalue weighted by molar-refractivity contribution is -0.134. The van der Waals surface area contributed by atoms with Crippen LogP contribution in [0, 0.1) is 0 Å². The lowest BCUT2D eigenvalue weighted by Gasteiger charge is -1.96. The van der Waals surface area contributed by atoms with Crippen molar-refractivity contribution in [2.45, 2.75) is 13.8 Å². The van der Waals surface area contributed by atoms with Crippen LogP contribution in [0.1, 0.15) is 13.8 Å². The first kappa shape index (κ1) is 15.8. The van der Waals surface area contributed by atoms with Crippen molar-refractivity contribution in [3.8, 4) is 0 Å². The molecule has 5 heteroatoms. The molecule has 0 saturated heterocycles. The van der Waals surface area contributed by atoms with Crippen molar-refractivity contribution in [3.63, 3.8) is 0 Å². The minimum Gasteiger partial charge on any atom is -0.478 e. The largest absolute Gasteiger partial charge is 0.478 e. The van der Waals surface area contributed by atoms with Gasteiger partial charge < -0.3 is 15.5 Å². The molecular formula is C10H17NO4. The van der Waals surface area contributed by atoms with E-state index >= 15 is 0 Å². The van der Waals surface area contributed by atoms with E-state index in [9.17, 15) is 9.59 Å². The number of hydrogen-bond acceptors (Lipinski definition) is 3. The predicted octanol–water partition coefficient (Wildman–Crippen LogP) is 0.884. The van der Waals surface area contributed by atoms with Gasteiger partial charge in [-0.05, 0) is 13.5 Å². The van der Waals surface area contributed by atoms with Crippen LogP contribution in [0.3, 0.4) is 0 Å². The second kappa shape index (κ2) is 10.5. The van der Waals surface area contributed by atoms with Crippen molar-refractivity contribution in [2.75, 3.05) is 13.1 Å². The zero-order valence-corrected chi connectivity index (χ0v) is 8.99. The van der Waals surface area contributed by atoms with Crippen molar-refractivity contribution in [2.24, 2.45) is 0 Å².